The van der Waals surface area contributed by atoms with Crippen LogP contribution in [0, 0.1) is 0 Å². The second-order valence-electron chi connectivity index (χ2n) is 25.2. The smallest absolute Gasteiger partial charge is 0.0348 e. The number of rotatable bonds is 12. The molecule has 0 fully saturated rings. The van der Waals surface area contributed by atoms with Crippen LogP contribution in [0.15, 0.2) is 146 Å². The van der Waals surface area contributed by atoms with E-state index in [4.69, 9.17) is 0 Å². The summed E-state index contributed by atoms with van der Waals surface area (Å²) in [5, 5.41) is 0. The Morgan fingerprint density at radius 3 is 0.539 bits per heavy atom. The van der Waals surface area contributed by atoms with Crippen molar-refractivity contribution in [2.45, 2.75) is 180 Å². The molecule has 0 saturated carbocycles. The van der Waals surface area contributed by atoms with Gasteiger partial charge in [0.1, 0.15) is 0 Å². The Bertz CT molecular complexity index is 3020. The van der Waals surface area contributed by atoms with Gasteiger partial charge in [-0.3, -0.25) is 0 Å². The molecular weight excluding hydrogens is 913 g/mol. The highest BCUT2D eigenvalue weighted by molar-refractivity contribution is 5.73. The summed E-state index contributed by atoms with van der Waals surface area (Å²) in [6.07, 6.45) is 4.26. The van der Waals surface area contributed by atoms with Crippen LogP contribution in [-0.4, -0.2) is 0 Å². The number of fused-ring (bicyclic) bond motifs is 8. The van der Waals surface area contributed by atoms with Gasteiger partial charge >= 0.3 is 0 Å². The first kappa shape index (κ1) is 49.3. The van der Waals surface area contributed by atoms with E-state index in [1.54, 1.807) is 44.5 Å². The summed E-state index contributed by atoms with van der Waals surface area (Å²) in [6.45, 7) is 29.2. The molecule has 0 nitrogen and oxygen atoms in total. The zero-order chi connectivity index (χ0) is 52.6. The van der Waals surface area contributed by atoms with E-state index in [1.807, 2.05) is 0 Å². The Balaban J connectivity index is 1.27. The van der Waals surface area contributed by atoms with Gasteiger partial charge in [0.05, 0.1) is 0 Å². The maximum absolute atomic E-state index is 2.83. The molecule has 76 heavy (non-hydrogen) atoms. The molecule has 0 unspecified atom stereocenters. The van der Waals surface area contributed by atoms with Crippen molar-refractivity contribution < 1.29 is 0 Å². The maximum atomic E-state index is 2.83. The molecule has 0 amide bonds. The molecule has 4 aliphatic carbocycles. The molecule has 0 aromatic heterocycles. The van der Waals surface area contributed by atoms with Crippen LogP contribution in [0.4, 0.5) is 0 Å². The molecule has 0 saturated heterocycles. The van der Waals surface area contributed by atoms with E-state index in [0.717, 1.165) is 25.7 Å². The van der Waals surface area contributed by atoms with Crippen molar-refractivity contribution in [2.75, 3.05) is 0 Å². The molecule has 0 N–H and O–H groups in total. The van der Waals surface area contributed by atoms with Crippen LogP contribution in [-0.2, 0) is 0 Å². The quantitative estimate of drug-likeness (QED) is 0.114. The van der Waals surface area contributed by atoms with Crippen LogP contribution >= 0.6 is 0 Å². The third kappa shape index (κ3) is 7.13. The van der Waals surface area contributed by atoms with Crippen molar-refractivity contribution in [1.29, 1.82) is 0 Å². The second kappa shape index (κ2) is 18.7. The summed E-state index contributed by atoms with van der Waals surface area (Å²) < 4.78 is 0. The van der Waals surface area contributed by atoms with Crippen LogP contribution in [0.3, 0.4) is 0 Å². The van der Waals surface area contributed by atoms with E-state index in [-0.39, 0.29) is 47.3 Å². The highest BCUT2D eigenvalue weighted by Gasteiger charge is 2.46. The van der Waals surface area contributed by atoms with Gasteiger partial charge in [-0.25, -0.2) is 0 Å². The molecule has 8 aromatic rings. The van der Waals surface area contributed by atoms with Crippen molar-refractivity contribution >= 4 is 0 Å². The van der Waals surface area contributed by atoms with Crippen molar-refractivity contribution in [1.82, 2.24) is 0 Å². The summed E-state index contributed by atoms with van der Waals surface area (Å²) >= 11 is 0. The predicted octanol–water partition coefficient (Wildman–Crippen LogP) is 20.6. The summed E-state index contributed by atoms with van der Waals surface area (Å²) in [5.74, 6) is 3.07. The number of hydrogen-bond donors (Lipinski definition) is 0. The van der Waals surface area contributed by atoms with E-state index in [1.165, 1.54) is 89.0 Å². The molecule has 0 aliphatic heterocycles. The Kier molecular flexibility index (Phi) is 12.2. The van der Waals surface area contributed by atoms with Crippen LogP contribution in [0.2, 0.25) is 0 Å². The summed E-state index contributed by atoms with van der Waals surface area (Å²) in [5.41, 5.74) is 36.6. The SMILES string of the molecule is CCC1c2cc3c4cc2C(c2ccccc2C(C)C)c2cc5c(cc21)C(CC)c1cc2c(cc1C5c1ccccc1C(C)C)C(c1ccccc1C(C)C)c1cc(c(cc1C2CC)C3CC)C4c1ccccc1C(C)C. The van der Waals surface area contributed by atoms with Gasteiger partial charge in [0.2, 0.25) is 0 Å². The second-order valence-corrected chi connectivity index (χ2v) is 25.2. The maximum Gasteiger partial charge on any atom is 0.0348 e. The minimum absolute atomic E-state index is 0.0943. The number of benzene rings is 8. The van der Waals surface area contributed by atoms with E-state index < -0.39 is 0 Å². The zero-order valence-electron chi connectivity index (χ0n) is 47.6. The average Bonchev–Trinajstić information content (AvgIpc) is 3.53. The molecule has 0 radical (unpaired) electrons. The average molecular weight is 993 g/mol. The van der Waals surface area contributed by atoms with Crippen molar-refractivity contribution in [3.05, 3.63) is 279 Å². The van der Waals surface area contributed by atoms with Gasteiger partial charge in [0.15, 0.2) is 0 Å². The van der Waals surface area contributed by atoms with Crippen molar-refractivity contribution in [3.63, 3.8) is 0 Å². The molecule has 0 atom stereocenters. The lowest BCUT2D eigenvalue weighted by Gasteiger charge is -2.45. The lowest BCUT2D eigenvalue weighted by atomic mass is 9.58. The monoisotopic (exact) mass is 993 g/mol. The van der Waals surface area contributed by atoms with Gasteiger partial charge in [-0.05, 0) is 183 Å². The molecule has 0 heterocycles. The third-order valence-electron chi connectivity index (χ3n) is 20.0. The van der Waals surface area contributed by atoms with Gasteiger partial charge < -0.3 is 0 Å². The molecule has 12 rings (SSSR count). The Labute approximate surface area is 456 Å². The topological polar surface area (TPSA) is 0 Å². The van der Waals surface area contributed by atoms with Gasteiger partial charge in [-0.15, -0.1) is 0 Å². The fourth-order valence-corrected chi connectivity index (χ4v) is 16.7. The lowest BCUT2D eigenvalue weighted by molar-refractivity contribution is 0.649. The highest BCUT2D eigenvalue weighted by Crippen LogP contribution is 2.61. The summed E-state index contributed by atoms with van der Waals surface area (Å²) in [4.78, 5) is 0. The van der Waals surface area contributed by atoms with Crippen LogP contribution in [0.5, 0.6) is 0 Å². The predicted molar refractivity (Wildman–Crippen MR) is 320 cm³/mol. The van der Waals surface area contributed by atoms with E-state index in [0.29, 0.717) is 23.7 Å². The fraction of sp³-hybridized carbons (Fsp3) is 0.368. The molecule has 4 aliphatic rings. The molecule has 384 valence electrons. The largest absolute Gasteiger partial charge is 0.0645 e. The standard InChI is InChI=1S/C76H80/c1-13-45-57-33-59-46(14-2)61-35-63-48(16-4)64-36-62-47(15-3)60-34-58(45)66-38-68(60)75(55-31-23-19-27-51(55)43(9)10)70(62)40-72(64)76(56-32-24-20-28-52(56)44(11)12)71(63)39-69(61)74(54-30-22-18-26-50(54)42(7)8)67(59)37-65(57)73(66)53-29-21-17-25-49(53)41(5)6/h17-48,73-76H,13-16H2,1-12H3. The van der Waals surface area contributed by atoms with E-state index in [9.17, 15) is 0 Å². The Morgan fingerprint density at radius 1 is 0.224 bits per heavy atom. The van der Waals surface area contributed by atoms with Crippen LogP contribution in [0.25, 0.3) is 0 Å². The molecule has 0 spiro atoms. The zero-order valence-corrected chi connectivity index (χ0v) is 47.6. The van der Waals surface area contributed by atoms with Crippen molar-refractivity contribution in [3.8, 4) is 0 Å². The Hall–Kier alpha value is -6.24. The highest BCUT2D eigenvalue weighted by atomic mass is 14.5. The first-order valence-corrected chi connectivity index (χ1v) is 29.9. The van der Waals surface area contributed by atoms with Gasteiger partial charge in [-0.1, -0.05) is 229 Å². The first-order valence-electron chi connectivity index (χ1n) is 29.9. The Morgan fingerprint density at radius 2 is 0.382 bits per heavy atom. The third-order valence-corrected chi connectivity index (χ3v) is 20.0. The van der Waals surface area contributed by atoms with Crippen LogP contribution in [0.1, 0.15) is 313 Å². The first-order chi connectivity index (χ1) is 36.9. The van der Waals surface area contributed by atoms with Gasteiger partial charge in [-0.2, -0.15) is 0 Å². The van der Waals surface area contributed by atoms with Gasteiger partial charge in [0.25, 0.3) is 0 Å². The fourth-order valence-electron chi connectivity index (χ4n) is 16.7. The van der Waals surface area contributed by atoms with E-state index in [2.05, 4.69) is 229 Å². The minimum atomic E-state index is 0.0943. The lowest BCUT2D eigenvalue weighted by Crippen LogP contribution is -2.29. The minimum Gasteiger partial charge on any atom is -0.0645 e. The molecule has 0 heteroatoms. The summed E-state index contributed by atoms with van der Waals surface area (Å²) in [7, 11) is 0. The molecule has 8 aromatic carbocycles. The summed E-state index contributed by atoms with van der Waals surface area (Å²) in [6, 6.07) is 60.9. The molecule has 0 bridgehead atoms. The van der Waals surface area contributed by atoms with E-state index >= 15 is 0 Å². The number of hydrogen-bond acceptors (Lipinski definition) is 0. The van der Waals surface area contributed by atoms with Gasteiger partial charge in [0, 0.05) is 47.3 Å². The molecular formula is C76H80. The van der Waals surface area contributed by atoms with Crippen LogP contribution < -0.4 is 0 Å². The normalized spacial score (nSPS) is 22.1. The van der Waals surface area contributed by atoms with Crippen molar-refractivity contribution in [2.24, 2.45) is 0 Å².